The Bertz CT molecular complexity index is 1020. The number of carbonyl (C=O) groups excluding carboxylic acids is 3. The number of ether oxygens (including phenoxy) is 3. The summed E-state index contributed by atoms with van der Waals surface area (Å²) in [4.78, 5) is 39.2. The number of primary amides is 1. The number of morpholine rings is 1. The summed E-state index contributed by atoms with van der Waals surface area (Å²) in [5.41, 5.74) is 6.40. The normalized spacial score (nSPS) is 19.1. The molecule has 4 amide bonds. The van der Waals surface area contributed by atoms with Crippen LogP contribution in [0.4, 0.5) is 16.3 Å². The Morgan fingerprint density at radius 2 is 1.97 bits per heavy atom. The fraction of sp³-hybridized carbons (Fsp3) is 0.391. The second-order valence-electron chi connectivity index (χ2n) is 7.82. The van der Waals surface area contributed by atoms with E-state index in [0.717, 1.165) is 17.1 Å². The lowest BCUT2D eigenvalue weighted by Crippen LogP contribution is -2.41. The van der Waals surface area contributed by atoms with Crippen molar-refractivity contribution < 1.29 is 28.6 Å². The number of hydrogen-bond donors (Lipinski definition) is 2. The third-order valence-electron chi connectivity index (χ3n) is 5.82. The molecule has 188 valence electrons. The average molecular weight is 506 g/mol. The highest BCUT2D eigenvalue weighted by Crippen LogP contribution is 2.42. The van der Waals surface area contributed by atoms with Gasteiger partial charge < -0.3 is 29.7 Å². The fourth-order valence-electron chi connectivity index (χ4n) is 4.02. The minimum atomic E-state index is -0.829. The lowest BCUT2D eigenvalue weighted by Gasteiger charge is -2.28. The quantitative estimate of drug-likeness (QED) is 0.448. The lowest BCUT2D eigenvalue weighted by atomic mass is 10.0. The Morgan fingerprint density at radius 1 is 1.26 bits per heavy atom. The summed E-state index contributed by atoms with van der Waals surface area (Å²) < 4.78 is 16.7. The van der Waals surface area contributed by atoms with Crippen LogP contribution >= 0.6 is 11.6 Å². The van der Waals surface area contributed by atoms with Gasteiger partial charge >= 0.3 is 6.03 Å². The van der Waals surface area contributed by atoms with Gasteiger partial charge in [-0.1, -0.05) is 23.7 Å². The molecule has 0 bridgehead atoms. The molecular formula is C23H28ClN5O6. The molecule has 0 saturated carbocycles. The van der Waals surface area contributed by atoms with Crippen LogP contribution in [0.1, 0.15) is 18.0 Å². The highest BCUT2D eigenvalue weighted by atomic mass is 35.5. The van der Waals surface area contributed by atoms with Crippen LogP contribution in [-0.4, -0.2) is 69.6 Å². The second kappa shape index (κ2) is 11.9. The Morgan fingerprint density at radius 3 is 2.49 bits per heavy atom. The van der Waals surface area contributed by atoms with Gasteiger partial charge in [-0.05, 0) is 29.8 Å². The van der Waals surface area contributed by atoms with Crippen molar-refractivity contribution in [2.45, 2.75) is 18.2 Å². The SMILES string of the molecule is COC1(OC)CC(c2ccc(N3CCOCC3=O)cc2)N(c2ccc(Cl)cn2)C1.NC(=O)NC=O. The van der Waals surface area contributed by atoms with E-state index in [1.165, 1.54) is 0 Å². The number of nitrogens with two attached hydrogens (primary N) is 1. The zero-order chi connectivity index (χ0) is 25.4. The maximum Gasteiger partial charge on any atom is 0.318 e. The highest BCUT2D eigenvalue weighted by Gasteiger charge is 2.46. The van der Waals surface area contributed by atoms with Gasteiger partial charge in [0, 0.05) is 39.1 Å². The molecular weight excluding hydrogens is 478 g/mol. The summed E-state index contributed by atoms with van der Waals surface area (Å²) in [5, 5.41) is 2.26. The molecule has 1 aromatic heterocycles. The number of rotatable bonds is 6. The van der Waals surface area contributed by atoms with Crippen molar-refractivity contribution >= 4 is 41.5 Å². The van der Waals surface area contributed by atoms with Crippen LogP contribution in [0.15, 0.2) is 42.6 Å². The number of nitrogens with one attached hydrogen (secondary N) is 1. The first kappa shape index (κ1) is 26.4. The van der Waals surface area contributed by atoms with E-state index < -0.39 is 11.8 Å². The lowest BCUT2D eigenvalue weighted by molar-refractivity contribution is -0.191. The first-order chi connectivity index (χ1) is 16.8. The summed E-state index contributed by atoms with van der Waals surface area (Å²) >= 11 is 6.01. The molecule has 2 aliphatic rings. The minimum Gasteiger partial charge on any atom is -0.370 e. The van der Waals surface area contributed by atoms with Crippen LogP contribution in [0.25, 0.3) is 0 Å². The number of nitrogens with zero attached hydrogens (tertiary/aromatic N) is 3. The molecule has 2 aliphatic heterocycles. The third kappa shape index (κ3) is 6.45. The summed E-state index contributed by atoms with van der Waals surface area (Å²) in [6, 6.07) is 11.0. The van der Waals surface area contributed by atoms with Gasteiger partial charge in [0.15, 0.2) is 5.79 Å². The molecule has 3 N–H and O–H groups in total. The van der Waals surface area contributed by atoms with Gasteiger partial charge in [-0.25, -0.2) is 9.78 Å². The molecule has 2 fully saturated rings. The summed E-state index contributed by atoms with van der Waals surface area (Å²) in [7, 11) is 3.32. The average Bonchev–Trinajstić information content (AvgIpc) is 3.26. The monoisotopic (exact) mass is 505 g/mol. The molecule has 0 spiro atoms. The molecule has 3 heterocycles. The fourth-order valence-corrected chi connectivity index (χ4v) is 4.13. The zero-order valence-electron chi connectivity index (χ0n) is 19.5. The number of urea groups is 1. The molecule has 0 radical (unpaired) electrons. The predicted octanol–water partition coefficient (Wildman–Crippen LogP) is 1.85. The van der Waals surface area contributed by atoms with Crippen LogP contribution < -0.4 is 20.9 Å². The second-order valence-corrected chi connectivity index (χ2v) is 8.25. The van der Waals surface area contributed by atoms with Crippen LogP contribution in [-0.2, 0) is 23.8 Å². The molecule has 35 heavy (non-hydrogen) atoms. The number of carbonyl (C=O) groups is 3. The topological polar surface area (TPSA) is 136 Å². The molecule has 1 unspecified atom stereocenters. The van der Waals surface area contributed by atoms with E-state index in [-0.39, 0.29) is 25.0 Å². The maximum atomic E-state index is 12.1. The van der Waals surface area contributed by atoms with Crippen molar-refractivity contribution in [2.24, 2.45) is 5.73 Å². The molecule has 4 rings (SSSR count). The molecule has 2 saturated heterocycles. The van der Waals surface area contributed by atoms with Gasteiger partial charge in [0.25, 0.3) is 5.91 Å². The number of amides is 4. The number of imide groups is 1. The molecule has 1 atom stereocenters. The van der Waals surface area contributed by atoms with Crippen LogP contribution in [0, 0.1) is 0 Å². The summed E-state index contributed by atoms with van der Waals surface area (Å²) in [6.07, 6.45) is 2.52. The van der Waals surface area contributed by atoms with Crippen molar-refractivity contribution in [3.05, 3.63) is 53.2 Å². The third-order valence-corrected chi connectivity index (χ3v) is 6.04. The number of hydrogen-bond acceptors (Lipinski definition) is 8. The van der Waals surface area contributed by atoms with E-state index in [2.05, 4.69) is 15.6 Å². The van der Waals surface area contributed by atoms with Crippen molar-refractivity contribution in [2.75, 3.05) is 50.3 Å². The Balaban J connectivity index is 0.000000509. The first-order valence-electron chi connectivity index (χ1n) is 10.8. The highest BCUT2D eigenvalue weighted by molar-refractivity contribution is 6.30. The Hall–Kier alpha value is -3.25. The van der Waals surface area contributed by atoms with Crippen LogP contribution in [0.5, 0.6) is 0 Å². The van der Waals surface area contributed by atoms with Gasteiger partial charge in [-0.15, -0.1) is 0 Å². The number of anilines is 2. The number of halogens is 1. The van der Waals surface area contributed by atoms with Crippen molar-refractivity contribution in [3.63, 3.8) is 0 Å². The minimum absolute atomic E-state index is 0.0121. The standard InChI is InChI=1S/C21H24ClN3O4.C2H4N2O2/c1-27-21(28-2)11-18(25(14-21)19-8-5-16(22)12-23-19)15-3-6-17(7-4-15)24-9-10-29-13-20(24)26;3-2(6)4-1-5/h3-8,12,18H,9-11,13-14H2,1-2H3;1H,(H3,3,4,5,6). The van der Waals surface area contributed by atoms with Gasteiger partial charge in [0.2, 0.25) is 6.41 Å². The van der Waals surface area contributed by atoms with E-state index in [1.807, 2.05) is 36.4 Å². The maximum absolute atomic E-state index is 12.1. The van der Waals surface area contributed by atoms with Crippen molar-refractivity contribution in [1.82, 2.24) is 10.3 Å². The Kier molecular flexibility index (Phi) is 8.99. The van der Waals surface area contributed by atoms with Gasteiger partial charge in [-0.2, -0.15) is 0 Å². The van der Waals surface area contributed by atoms with E-state index in [9.17, 15) is 14.4 Å². The summed E-state index contributed by atoms with van der Waals surface area (Å²) in [5.74, 6) is 0.0719. The summed E-state index contributed by atoms with van der Waals surface area (Å²) in [6.45, 7) is 1.79. The van der Waals surface area contributed by atoms with Gasteiger partial charge in [0.1, 0.15) is 12.4 Å². The smallest absolute Gasteiger partial charge is 0.318 e. The molecule has 0 aliphatic carbocycles. The molecule has 1 aromatic carbocycles. The van der Waals surface area contributed by atoms with Crippen LogP contribution in [0.2, 0.25) is 5.02 Å². The van der Waals surface area contributed by atoms with Crippen LogP contribution in [0.3, 0.4) is 0 Å². The van der Waals surface area contributed by atoms with E-state index in [0.29, 0.717) is 31.1 Å². The van der Waals surface area contributed by atoms with Gasteiger partial charge in [-0.3, -0.25) is 14.9 Å². The van der Waals surface area contributed by atoms with Gasteiger partial charge in [0.05, 0.1) is 24.2 Å². The van der Waals surface area contributed by atoms with Crippen molar-refractivity contribution in [1.29, 1.82) is 0 Å². The van der Waals surface area contributed by atoms with E-state index >= 15 is 0 Å². The number of benzene rings is 1. The number of aromatic nitrogens is 1. The molecule has 12 heteroatoms. The first-order valence-corrected chi connectivity index (χ1v) is 11.2. The van der Waals surface area contributed by atoms with Crippen molar-refractivity contribution in [3.8, 4) is 0 Å². The zero-order valence-corrected chi connectivity index (χ0v) is 20.2. The predicted molar refractivity (Wildman–Crippen MR) is 129 cm³/mol. The van der Waals surface area contributed by atoms with E-state index in [1.54, 1.807) is 30.6 Å². The molecule has 2 aromatic rings. The Labute approximate surface area is 208 Å². The number of pyridine rings is 1. The molecule has 11 nitrogen and oxygen atoms in total. The number of methoxy groups -OCH3 is 2. The largest absolute Gasteiger partial charge is 0.370 e. The van der Waals surface area contributed by atoms with E-state index in [4.69, 9.17) is 25.8 Å².